The average Bonchev–Trinajstić information content (AvgIpc) is 2.45. The fraction of sp³-hybridized carbons (Fsp3) is 0.474. The Labute approximate surface area is 120 Å². The number of quaternary nitrogens is 1. The van der Waals surface area contributed by atoms with Crippen molar-refractivity contribution in [1.29, 1.82) is 0 Å². The monoisotopic (exact) mass is 264 g/mol. The molecule has 3 atom stereocenters. The predicted octanol–water partition coefficient (Wildman–Crippen LogP) is 4.28. The van der Waals surface area contributed by atoms with Crippen LogP contribution in [0.3, 0.4) is 0 Å². The molecule has 102 valence electrons. The van der Waals surface area contributed by atoms with Crippen molar-refractivity contribution in [3.05, 3.63) is 42.0 Å². The van der Waals surface area contributed by atoms with Crippen LogP contribution >= 0.6 is 0 Å². The summed E-state index contributed by atoms with van der Waals surface area (Å²) in [5.74, 6) is 0. The highest BCUT2D eigenvalue weighted by atomic mass is 15.4. The van der Waals surface area contributed by atoms with Gasteiger partial charge in [0.2, 0.25) is 0 Å². The third-order valence-corrected chi connectivity index (χ3v) is 6.48. The van der Waals surface area contributed by atoms with Gasteiger partial charge in [0.15, 0.2) is 0 Å². The van der Waals surface area contributed by atoms with Crippen LogP contribution in [-0.4, -0.2) is 19.6 Å². The molecule has 1 saturated heterocycles. The molecule has 2 aromatic carbocycles. The van der Waals surface area contributed by atoms with E-state index in [0.717, 1.165) is 6.04 Å². The minimum Gasteiger partial charge on any atom is -0.290 e. The third kappa shape index (κ3) is 1.19. The molecule has 1 spiro atoms. The molecule has 2 bridgehead atoms. The Hall–Kier alpha value is -1.34. The summed E-state index contributed by atoms with van der Waals surface area (Å²) in [6, 6.07) is 14.7. The van der Waals surface area contributed by atoms with Gasteiger partial charge < -0.3 is 0 Å². The van der Waals surface area contributed by atoms with Gasteiger partial charge in [0, 0.05) is 18.1 Å². The summed E-state index contributed by atoms with van der Waals surface area (Å²) in [6.07, 6.45) is 7.16. The molecule has 2 heterocycles. The molecule has 2 fully saturated rings. The highest BCUT2D eigenvalue weighted by molar-refractivity contribution is 5.88. The average molecular weight is 264 g/mol. The fourth-order valence-corrected chi connectivity index (χ4v) is 5.80. The van der Waals surface area contributed by atoms with Crippen LogP contribution in [0.4, 0.5) is 5.69 Å². The Morgan fingerprint density at radius 1 is 1.10 bits per heavy atom. The lowest BCUT2D eigenvalue weighted by atomic mass is 9.56. The van der Waals surface area contributed by atoms with Crippen LogP contribution in [0, 0.1) is 5.41 Å². The summed E-state index contributed by atoms with van der Waals surface area (Å²) >= 11 is 0. The van der Waals surface area contributed by atoms with Crippen LogP contribution in [0.1, 0.15) is 31.2 Å². The summed E-state index contributed by atoms with van der Waals surface area (Å²) < 4.78 is 1.22. The molecule has 2 aromatic rings. The zero-order valence-electron chi connectivity index (χ0n) is 12.2. The van der Waals surface area contributed by atoms with E-state index in [1.165, 1.54) is 53.9 Å². The van der Waals surface area contributed by atoms with Crippen molar-refractivity contribution in [2.75, 3.05) is 13.6 Å². The number of rotatable bonds is 0. The lowest BCUT2D eigenvalue weighted by molar-refractivity contribution is -0.0919. The van der Waals surface area contributed by atoms with Gasteiger partial charge in [0.25, 0.3) is 0 Å². The molecule has 3 unspecified atom stereocenters. The second-order valence-electron chi connectivity index (χ2n) is 7.55. The van der Waals surface area contributed by atoms with E-state index < -0.39 is 0 Å². The van der Waals surface area contributed by atoms with Crippen LogP contribution in [-0.2, 0) is 6.42 Å². The lowest BCUT2D eigenvalue weighted by Crippen LogP contribution is -2.79. The van der Waals surface area contributed by atoms with Crippen molar-refractivity contribution >= 4 is 16.5 Å². The van der Waals surface area contributed by atoms with E-state index in [1.54, 1.807) is 11.3 Å². The van der Waals surface area contributed by atoms with E-state index in [2.05, 4.69) is 43.4 Å². The van der Waals surface area contributed by atoms with E-state index in [-0.39, 0.29) is 0 Å². The van der Waals surface area contributed by atoms with E-state index in [0.29, 0.717) is 5.41 Å². The minimum absolute atomic E-state index is 0.655. The van der Waals surface area contributed by atoms with Crippen molar-refractivity contribution in [2.24, 2.45) is 5.41 Å². The molecule has 5 rings (SSSR count). The summed E-state index contributed by atoms with van der Waals surface area (Å²) in [4.78, 5) is 0. The Bertz CT molecular complexity index is 719. The molecule has 1 saturated carbocycles. The van der Waals surface area contributed by atoms with Crippen molar-refractivity contribution in [2.45, 2.75) is 38.1 Å². The molecule has 0 radical (unpaired) electrons. The topological polar surface area (TPSA) is 0 Å². The molecule has 3 aliphatic rings. The largest absolute Gasteiger partial charge is 0.290 e. The summed E-state index contributed by atoms with van der Waals surface area (Å²) in [5.41, 5.74) is 3.91. The molecular formula is C19H22N+. The standard InChI is InChI=1S/C19H22N/c1-20-13-19(9-5-4-8-18(19)20)12-16-10-14-6-2-3-7-15(14)11-17(16)20/h2-3,6-7,10-11,18H,4-5,8-9,12-13H2,1H3/q+1. The molecule has 0 aromatic heterocycles. The van der Waals surface area contributed by atoms with Crippen LogP contribution in [0.5, 0.6) is 0 Å². The number of benzene rings is 2. The Morgan fingerprint density at radius 2 is 1.90 bits per heavy atom. The maximum Gasteiger partial charge on any atom is 0.136 e. The Morgan fingerprint density at radius 3 is 2.75 bits per heavy atom. The normalized spacial score (nSPS) is 38.0. The number of fused-ring (bicyclic) bond motifs is 5. The molecule has 20 heavy (non-hydrogen) atoms. The van der Waals surface area contributed by atoms with E-state index in [4.69, 9.17) is 0 Å². The first kappa shape index (κ1) is 11.3. The molecular weight excluding hydrogens is 242 g/mol. The number of hydrogen-bond acceptors (Lipinski definition) is 0. The van der Waals surface area contributed by atoms with Gasteiger partial charge in [-0.05, 0) is 36.1 Å². The highest BCUT2D eigenvalue weighted by Crippen LogP contribution is 2.60. The SMILES string of the molecule is C[N+]12CC3(CCCCC31)Cc1cc3ccccc3cc12. The van der Waals surface area contributed by atoms with Gasteiger partial charge in [-0.1, -0.05) is 30.7 Å². The van der Waals surface area contributed by atoms with Gasteiger partial charge in [0.1, 0.15) is 11.7 Å². The molecule has 0 N–H and O–H groups in total. The third-order valence-electron chi connectivity index (χ3n) is 6.48. The van der Waals surface area contributed by atoms with Gasteiger partial charge in [-0.15, -0.1) is 0 Å². The fourth-order valence-electron chi connectivity index (χ4n) is 5.80. The van der Waals surface area contributed by atoms with Crippen LogP contribution in [0.2, 0.25) is 0 Å². The zero-order chi connectivity index (χ0) is 13.4. The smallest absolute Gasteiger partial charge is 0.136 e. The van der Waals surface area contributed by atoms with Gasteiger partial charge >= 0.3 is 0 Å². The Balaban J connectivity index is 1.75. The van der Waals surface area contributed by atoms with E-state index >= 15 is 0 Å². The van der Waals surface area contributed by atoms with Crippen molar-refractivity contribution < 1.29 is 0 Å². The summed E-state index contributed by atoms with van der Waals surface area (Å²) in [6.45, 7) is 1.39. The maximum absolute atomic E-state index is 2.49. The van der Waals surface area contributed by atoms with Crippen molar-refractivity contribution in [3.63, 3.8) is 0 Å². The Kier molecular flexibility index (Phi) is 1.96. The van der Waals surface area contributed by atoms with Gasteiger partial charge in [-0.3, -0.25) is 4.48 Å². The van der Waals surface area contributed by atoms with E-state index in [1.807, 2.05) is 0 Å². The molecule has 0 amide bonds. The van der Waals surface area contributed by atoms with Gasteiger partial charge in [-0.25, -0.2) is 0 Å². The molecule has 1 heteroatoms. The van der Waals surface area contributed by atoms with Crippen LogP contribution < -0.4 is 4.48 Å². The zero-order valence-corrected chi connectivity index (χ0v) is 12.2. The highest BCUT2D eigenvalue weighted by Gasteiger charge is 2.67. The first-order chi connectivity index (χ1) is 9.71. The minimum atomic E-state index is 0.655. The van der Waals surface area contributed by atoms with Crippen LogP contribution in [0.25, 0.3) is 10.8 Å². The van der Waals surface area contributed by atoms with E-state index in [9.17, 15) is 0 Å². The number of nitrogens with zero attached hydrogens (tertiary/aromatic N) is 1. The van der Waals surface area contributed by atoms with Gasteiger partial charge in [0.05, 0.1) is 19.0 Å². The second kappa shape index (κ2) is 3.46. The second-order valence-corrected chi connectivity index (χ2v) is 7.55. The van der Waals surface area contributed by atoms with Crippen LogP contribution in [0.15, 0.2) is 36.4 Å². The van der Waals surface area contributed by atoms with Crippen molar-refractivity contribution in [3.8, 4) is 0 Å². The van der Waals surface area contributed by atoms with Gasteiger partial charge in [-0.2, -0.15) is 0 Å². The predicted molar refractivity (Wildman–Crippen MR) is 84.9 cm³/mol. The lowest BCUT2D eigenvalue weighted by Gasteiger charge is -2.67. The first-order valence-corrected chi connectivity index (χ1v) is 8.09. The quantitative estimate of drug-likeness (QED) is 0.623. The van der Waals surface area contributed by atoms with Crippen molar-refractivity contribution in [1.82, 2.24) is 4.48 Å². The number of hydrogen-bond donors (Lipinski definition) is 0. The molecule has 1 aliphatic carbocycles. The molecule has 2 aliphatic heterocycles. The molecule has 1 nitrogen and oxygen atoms in total. The maximum atomic E-state index is 2.49. The summed E-state index contributed by atoms with van der Waals surface area (Å²) in [5, 5.41) is 2.84. The summed E-state index contributed by atoms with van der Waals surface area (Å²) in [7, 11) is 2.49. The first-order valence-electron chi connectivity index (χ1n) is 8.09.